The first-order chi connectivity index (χ1) is 9.26. The maximum atomic E-state index is 9.77. The summed E-state index contributed by atoms with van der Waals surface area (Å²) < 4.78 is 0. The number of rotatable bonds is 5. The molecular weight excluding hydrogens is 236 g/mol. The molecule has 0 spiro atoms. The first-order valence-corrected chi connectivity index (χ1v) is 6.60. The van der Waals surface area contributed by atoms with Crippen LogP contribution in [0.1, 0.15) is 25.3 Å². The average Bonchev–Trinajstić information content (AvgIpc) is 2.45. The molecule has 1 atom stereocenters. The molecular formula is C16H18N2O. The summed E-state index contributed by atoms with van der Waals surface area (Å²) in [6, 6.07) is 13.7. The summed E-state index contributed by atoms with van der Waals surface area (Å²) >= 11 is 0. The van der Waals surface area contributed by atoms with Crippen LogP contribution in [-0.2, 0) is 0 Å². The molecule has 0 saturated heterocycles. The Hall–Kier alpha value is -2.05. The predicted octanol–water partition coefficient (Wildman–Crippen LogP) is 3.28. The number of nitrogens with zero attached hydrogens (tertiary/aromatic N) is 1. The van der Waals surface area contributed by atoms with E-state index in [-0.39, 0.29) is 6.10 Å². The number of aliphatic hydroxyl groups is 1. The lowest BCUT2D eigenvalue weighted by Gasteiger charge is -2.14. The molecule has 2 aromatic carbocycles. The van der Waals surface area contributed by atoms with Crippen LogP contribution in [0.25, 0.3) is 10.8 Å². The molecule has 2 N–H and O–H groups in total. The normalized spacial score (nSPS) is 12.1. The highest BCUT2D eigenvalue weighted by atomic mass is 16.3. The molecule has 3 nitrogen and oxygen atoms in total. The van der Waals surface area contributed by atoms with E-state index in [4.69, 9.17) is 5.26 Å². The second-order valence-electron chi connectivity index (χ2n) is 4.64. The van der Waals surface area contributed by atoms with Crippen LogP contribution in [0.4, 0.5) is 5.69 Å². The molecule has 0 fully saturated rings. The van der Waals surface area contributed by atoms with Crippen molar-refractivity contribution in [3.05, 3.63) is 42.0 Å². The first kappa shape index (κ1) is 13.4. The largest absolute Gasteiger partial charge is 0.391 e. The van der Waals surface area contributed by atoms with Crippen LogP contribution in [0.5, 0.6) is 0 Å². The monoisotopic (exact) mass is 254 g/mol. The van der Waals surface area contributed by atoms with Gasteiger partial charge in [-0.3, -0.25) is 0 Å². The molecule has 0 saturated carbocycles. The zero-order chi connectivity index (χ0) is 13.7. The fourth-order valence-electron chi connectivity index (χ4n) is 2.21. The minimum Gasteiger partial charge on any atom is -0.391 e. The average molecular weight is 254 g/mol. The van der Waals surface area contributed by atoms with Gasteiger partial charge in [-0.2, -0.15) is 5.26 Å². The number of benzene rings is 2. The van der Waals surface area contributed by atoms with Crippen molar-refractivity contribution >= 4 is 16.5 Å². The molecule has 2 rings (SSSR count). The van der Waals surface area contributed by atoms with E-state index in [1.165, 1.54) is 0 Å². The molecule has 0 aliphatic heterocycles. The zero-order valence-electron chi connectivity index (χ0n) is 11.1. The number of hydrogen-bond acceptors (Lipinski definition) is 3. The lowest BCUT2D eigenvalue weighted by atomic mass is 10.0. The Kier molecular flexibility index (Phi) is 4.38. The molecule has 3 heteroatoms. The zero-order valence-corrected chi connectivity index (χ0v) is 11.1. The van der Waals surface area contributed by atoms with Gasteiger partial charge in [0.2, 0.25) is 0 Å². The van der Waals surface area contributed by atoms with Crippen molar-refractivity contribution in [2.75, 3.05) is 11.9 Å². The third-order valence-corrected chi connectivity index (χ3v) is 3.19. The molecule has 0 aliphatic rings. The number of aliphatic hydroxyl groups excluding tert-OH is 1. The third-order valence-electron chi connectivity index (χ3n) is 3.19. The van der Waals surface area contributed by atoms with Crippen molar-refractivity contribution in [2.24, 2.45) is 0 Å². The second-order valence-corrected chi connectivity index (χ2v) is 4.64. The Bertz CT molecular complexity index is 601. The van der Waals surface area contributed by atoms with E-state index >= 15 is 0 Å². The number of fused-ring (bicyclic) bond motifs is 1. The lowest BCUT2D eigenvalue weighted by Crippen LogP contribution is -2.19. The number of nitriles is 1. The summed E-state index contributed by atoms with van der Waals surface area (Å²) in [5, 5.41) is 24.1. The highest BCUT2D eigenvalue weighted by molar-refractivity contribution is 5.97. The molecule has 1 unspecified atom stereocenters. The first-order valence-electron chi connectivity index (χ1n) is 6.60. The minimum atomic E-state index is -0.334. The fourth-order valence-corrected chi connectivity index (χ4v) is 2.21. The van der Waals surface area contributed by atoms with Gasteiger partial charge < -0.3 is 10.4 Å². The molecule has 2 aromatic rings. The Labute approximate surface area is 113 Å². The van der Waals surface area contributed by atoms with Crippen molar-refractivity contribution in [1.29, 1.82) is 5.26 Å². The van der Waals surface area contributed by atoms with Gasteiger partial charge in [0.15, 0.2) is 0 Å². The van der Waals surface area contributed by atoms with Gasteiger partial charge in [-0.25, -0.2) is 0 Å². The fraction of sp³-hybridized carbons (Fsp3) is 0.312. The molecule has 0 amide bonds. The van der Waals surface area contributed by atoms with Crippen molar-refractivity contribution in [3.63, 3.8) is 0 Å². The number of anilines is 1. The van der Waals surface area contributed by atoms with E-state index in [1.54, 1.807) is 0 Å². The summed E-state index contributed by atoms with van der Waals surface area (Å²) in [7, 11) is 0. The predicted molar refractivity (Wildman–Crippen MR) is 78.1 cm³/mol. The van der Waals surface area contributed by atoms with Crippen LogP contribution in [0.15, 0.2) is 36.4 Å². The molecule has 98 valence electrons. The van der Waals surface area contributed by atoms with Crippen molar-refractivity contribution in [3.8, 4) is 6.07 Å². The molecule has 0 bridgehead atoms. The highest BCUT2D eigenvalue weighted by Gasteiger charge is 2.07. The number of hydrogen-bond donors (Lipinski definition) is 2. The van der Waals surface area contributed by atoms with Gasteiger partial charge in [-0.05, 0) is 18.6 Å². The van der Waals surface area contributed by atoms with Crippen LogP contribution >= 0.6 is 0 Å². The summed E-state index contributed by atoms with van der Waals surface area (Å²) in [5.41, 5.74) is 1.64. The third kappa shape index (κ3) is 3.04. The molecule has 19 heavy (non-hydrogen) atoms. The van der Waals surface area contributed by atoms with Gasteiger partial charge >= 0.3 is 0 Å². The summed E-state index contributed by atoms with van der Waals surface area (Å²) in [6.45, 7) is 2.59. The molecule has 0 heterocycles. The van der Waals surface area contributed by atoms with Crippen molar-refractivity contribution in [1.82, 2.24) is 0 Å². The van der Waals surface area contributed by atoms with E-state index in [9.17, 15) is 5.11 Å². The van der Waals surface area contributed by atoms with E-state index in [2.05, 4.69) is 18.3 Å². The molecule has 0 radical (unpaired) electrons. The second kappa shape index (κ2) is 6.21. The Morgan fingerprint density at radius 1 is 1.21 bits per heavy atom. The quantitative estimate of drug-likeness (QED) is 0.860. The van der Waals surface area contributed by atoms with Gasteiger partial charge in [-0.15, -0.1) is 0 Å². The van der Waals surface area contributed by atoms with Gasteiger partial charge in [0, 0.05) is 23.0 Å². The van der Waals surface area contributed by atoms with E-state index in [1.807, 2.05) is 36.4 Å². The van der Waals surface area contributed by atoms with E-state index in [0.29, 0.717) is 12.1 Å². The van der Waals surface area contributed by atoms with Gasteiger partial charge in [0.25, 0.3) is 0 Å². The Morgan fingerprint density at radius 2 is 1.95 bits per heavy atom. The van der Waals surface area contributed by atoms with Crippen LogP contribution in [-0.4, -0.2) is 17.8 Å². The van der Waals surface area contributed by atoms with Crippen LogP contribution in [0.3, 0.4) is 0 Å². The van der Waals surface area contributed by atoms with Gasteiger partial charge in [-0.1, -0.05) is 37.6 Å². The SMILES string of the molecule is CCCC(O)CNc1ccc(C#N)c2ccccc12. The Morgan fingerprint density at radius 3 is 2.63 bits per heavy atom. The van der Waals surface area contributed by atoms with E-state index in [0.717, 1.165) is 29.3 Å². The summed E-state index contributed by atoms with van der Waals surface area (Å²) in [4.78, 5) is 0. The highest BCUT2D eigenvalue weighted by Crippen LogP contribution is 2.26. The minimum absolute atomic E-state index is 0.334. The number of nitrogens with one attached hydrogen (secondary N) is 1. The molecule has 0 aromatic heterocycles. The van der Waals surface area contributed by atoms with Crippen LogP contribution in [0, 0.1) is 11.3 Å². The maximum absolute atomic E-state index is 9.77. The lowest BCUT2D eigenvalue weighted by molar-refractivity contribution is 0.176. The smallest absolute Gasteiger partial charge is 0.0998 e. The molecule has 0 aliphatic carbocycles. The summed E-state index contributed by atoms with van der Waals surface area (Å²) in [6.07, 6.45) is 1.43. The summed E-state index contributed by atoms with van der Waals surface area (Å²) in [5.74, 6) is 0. The van der Waals surface area contributed by atoms with Gasteiger partial charge in [0.1, 0.15) is 0 Å². The maximum Gasteiger partial charge on any atom is 0.0998 e. The van der Waals surface area contributed by atoms with Crippen LogP contribution in [0.2, 0.25) is 0 Å². The Balaban J connectivity index is 2.27. The van der Waals surface area contributed by atoms with E-state index < -0.39 is 0 Å². The standard InChI is InChI=1S/C16H18N2O/c1-2-5-13(19)11-18-16-9-8-12(10-17)14-6-3-4-7-15(14)16/h3-4,6-9,13,18-19H,2,5,11H2,1H3. The van der Waals surface area contributed by atoms with Crippen molar-refractivity contribution < 1.29 is 5.11 Å². The van der Waals surface area contributed by atoms with Gasteiger partial charge in [0.05, 0.1) is 17.7 Å². The van der Waals surface area contributed by atoms with Crippen molar-refractivity contribution in [2.45, 2.75) is 25.9 Å². The van der Waals surface area contributed by atoms with Crippen LogP contribution < -0.4 is 5.32 Å². The topological polar surface area (TPSA) is 56.0 Å².